The predicted octanol–water partition coefficient (Wildman–Crippen LogP) is 3.67. The highest BCUT2D eigenvalue weighted by Crippen LogP contribution is 2.13. The summed E-state index contributed by atoms with van der Waals surface area (Å²) in [5.41, 5.74) is 2.60. The van der Waals surface area contributed by atoms with Crippen LogP contribution in [0.3, 0.4) is 0 Å². The van der Waals surface area contributed by atoms with E-state index < -0.39 is 18.0 Å². The van der Waals surface area contributed by atoms with Crippen molar-refractivity contribution in [3.05, 3.63) is 83.2 Å². The van der Waals surface area contributed by atoms with Gasteiger partial charge in [-0.2, -0.15) is 0 Å². The lowest BCUT2D eigenvalue weighted by Gasteiger charge is -2.20. The zero-order chi connectivity index (χ0) is 22.8. The summed E-state index contributed by atoms with van der Waals surface area (Å²) >= 11 is 0. The summed E-state index contributed by atoms with van der Waals surface area (Å²) in [4.78, 5) is 28.6. The van der Waals surface area contributed by atoms with E-state index in [1.165, 1.54) is 0 Å². The maximum absolute atomic E-state index is 12.6. The Kier molecular flexibility index (Phi) is 8.88. The lowest BCUT2D eigenvalue weighted by atomic mass is 10.2. The van der Waals surface area contributed by atoms with Crippen LogP contribution >= 0.6 is 0 Å². The molecule has 0 N–H and O–H groups in total. The zero-order valence-corrected chi connectivity index (χ0v) is 18.7. The number of likely N-dealkylation sites (N-methyl/N-ethyl adjacent to an activating group) is 2. The number of ether oxygens (including phenoxy) is 2. The SMILES string of the molecule is CC(COC(=O)C(=Cc1ccccc1)N(C)C)OC(=O)C(=Cc1ccccc1)N(C)C. The van der Waals surface area contributed by atoms with E-state index in [1.54, 1.807) is 57.1 Å². The van der Waals surface area contributed by atoms with Gasteiger partial charge in [-0.05, 0) is 30.2 Å². The summed E-state index contributed by atoms with van der Waals surface area (Å²) in [6.07, 6.45) is 2.91. The molecule has 0 radical (unpaired) electrons. The van der Waals surface area contributed by atoms with E-state index in [2.05, 4.69) is 0 Å². The van der Waals surface area contributed by atoms with Gasteiger partial charge < -0.3 is 19.3 Å². The van der Waals surface area contributed by atoms with Crippen molar-refractivity contribution in [3.8, 4) is 0 Å². The molecule has 0 fully saturated rings. The molecule has 1 unspecified atom stereocenters. The number of esters is 2. The van der Waals surface area contributed by atoms with E-state index in [1.807, 2.05) is 60.7 Å². The Balaban J connectivity index is 2.00. The first-order valence-electron chi connectivity index (χ1n) is 10.0. The van der Waals surface area contributed by atoms with Gasteiger partial charge in [-0.1, -0.05) is 60.7 Å². The molecule has 0 saturated carbocycles. The molecule has 164 valence electrons. The van der Waals surface area contributed by atoms with Crippen molar-refractivity contribution in [1.29, 1.82) is 0 Å². The van der Waals surface area contributed by atoms with Crippen molar-refractivity contribution in [3.63, 3.8) is 0 Å². The number of hydrogen-bond acceptors (Lipinski definition) is 6. The number of nitrogens with zero attached hydrogens (tertiary/aromatic N) is 2. The van der Waals surface area contributed by atoms with Crippen LogP contribution < -0.4 is 0 Å². The van der Waals surface area contributed by atoms with Crippen LogP contribution in [0.1, 0.15) is 18.1 Å². The Morgan fingerprint density at radius 1 is 0.774 bits per heavy atom. The second-order valence-electron chi connectivity index (χ2n) is 7.48. The summed E-state index contributed by atoms with van der Waals surface area (Å²) in [5.74, 6) is -0.963. The van der Waals surface area contributed by atoms with E-state index in [-0.39, 0.29) is 6.61 Å². The molecule has 0 spiro atoms. The van der Waals surface area contributed by atoms with Gasteiger partial charge in [0, 0.05) is 28.2 Å². The maximum atomic E-state index is 12.6. The van der Waals surface area contributed by atoms with Gasteiger partial charge in [-0.3, -0.25) is 0 Å². The maximum Gasteiger partial charge on any atom is 0.354 e. The van der Waals surface area contributed by atoms with Crippen molar-refractivity contribution in [2.45, 2.75) is 13.0 Å². The molecule has 6 heteroatoms. The minimum absolute atomic E-state index is 0.0451. The van der Waals surface area contributed by atoms with Gasteiger partial charge in [-0.15, -0.1) is 0 Å². The average Bonchev–Trinajstić information content (AvgIpc) is 2.75. The first kappa shape index (κ1) is 23.7. The van der Waals surface area contributed by atoms with Crippen LogP contribution in [0, 0.1) is 0 Å². The lowest BCUT2D eigenvalue weighted by Crippen LogP contribution is -2.29. The van der Waals surface area contributed by atoms with E-state index in [0.717, 1.165) is 11.1 Å². The molecule has 0 saturated heterocycles. The summed E-state index contributed by atoms with van der Waals surface area (Å²) in [6, 6.07) is 19.1. The molecule has 1 atom stereocenters. The summed E-state index contributed by atoms with van der Waals surface area (Å²) in [6.45, 7) is 1.65. The van der Waals surface area contributed by atoms with Crippen molar-refractivity contribution >= 4 is 24.1 Å². The molecule has 6 nitrogen and oxygen atoms in total. The number of carbonyl (C=O) groups is 2. The van der Waals surface area contributed by atoms with Crippen molar-refractivity contribution in [1.82, 2.24) is 9.80 Å². The van der Waals surface area contributed by atoms with Crippen LogP contribution in [0.25, 0.3) is 12.2 Å². The Hall–Kier alpha value is -3.54. The Morgan fingerprint density at radius 2 is 1.19 bits per heavy atom. The molecule has 2 aromatic carbocycles. The van der Waals surface area contributed by atoms with Gasteiger partial charge in [0.15, 0.2) is 0 Å². The second kappa shape index (κ2) is 11.6. The molecular formula is C25H30N2O4. The van der Waals surface area contributed by atoms with Crippen molar-refractivity contribution < 1.29 is 19.1 Å². The normalized spacial score (nSPS) is 12.7. The molecule has 2 rings (SSSR count). The molecule has 0 aliphatic rings. The number of hydrogen-bond donors (Lipinski definition) is 0. The smallest absolute Gasteiger partial charge is 0.354 e. The summed E-state index contributed by atoms with van der Waals surface area (Å²) in [5, 5.41) is 0. The third kappa shape index (κ3) is 7.66. The fourth-order valence-corrected chi connectivity index (χ4v) is 2.70. The fraction of sp³-hybridized carbons (Fsp3) is 0.280. The van der Waals surface area contributed by atoms with Crippen LogP contribution in [0.2, 0.25) is 0 Å². The minimum atomic E-state index is -0.601. The van der Waals surface area contributed by atoms with Gasteiger partial charge >= 0.3 is 11.9 Å². The second-order valence-corrected chi connectivity index (χ2v) is 7.48. The molecular weight excluding hydrogens is 392 g/mol. The van der Waals surface area contributed by atoms with Gasteiger partial charge in [-0.25, -0.2) is 9.59 Å². The van der Waals surface area contributed by atoms with Crippen molar-refractivity contribution in [2.24, 2.45) is 0 Å². The highest BCUT2D eigenvalue weighted by Gasteiger charge is 2.20. The topological polar surface area (TPSA) is 59.1 Å². The first-order valence-corrected chi connectivity index (χ1v) is 10.0. The highest BCUT2D eigenvalue weighted by atomic mass is 16.6. The zero-order valence-electron chi connectivity index (χ0n) is 18.7. The number of benzene rings is 2. The van der Waals surface area contributed by atoms with E-state index in [4.69, 9.17) is 9.47 Å². The summed E-state index contributed by atoms with van der Waals surface area (Å²) < 4.78 is 10.9. The van der Waals surface area contributed by atoms with Gasteiger partial charge in [0.25, 0.3) is 0 Å². The van der Waals surface area contributed by atoms with Crippen LogP contribution in [0.15, 0.2) is 72.1 Å². The third-order valence-electron chi connectivity index (χ3n) is 4.35. The largest absolute Gasteiger partial charge is 0.457 e. The van der Waals surface area contributed by atoms with Gasteiger partial charge in [0.05, 0.1) is 0 Å². The van der Waals surface area contributed by atoms with E-state index >= 15 is 0 Å². The molecule has 0 aromatic heterocycles. The molecule has 0 aliphatic carbocycles. The van der Waals surface area contributed by atoms with Crippen LogP contribution in [-0.2, 0) is 19.1 Å². The molecule has 0 bridgehead atoms. The van der Waals surface area contributed by atoms with Gasteiger partial charge in [0.1, 0.15) is 24.1 Å². The van der Waals surface area contributed by atoms with E-state index in [0.29, 0.717) is 11.4 Å². The predicted molar refractivity (Wildman–Crippen MR) is 123 cm³/mol. The van der Waals surface area contributed by atoms with Crippen LogP contribution in [0.4, 0.5) is 0 Å². The quantitative estimate of drug-likeness (QED) is 0.454. The number of rotatable bonds is 9. The molecule has 0 aliphatic heterocycles. The Labute approximate surface area is 184 Å². The third-order valence-corrected chi connectivity index (χ3v) is 4.35. The Morgan fingerprint density at radius 3 is 1.61 bits per heavy atom. The van der Waals surface area contributed by atoms with E-state index in [9.17, 15) is 9.59 Å². The minimum Gasteiger partial charge on any atom is -0.457 e. The summed E-state index contributed by atoms with van der Waals surface area (Å²) in [7, 11) is 7.10. The van der Waals surface area contributed by atoms with Crippen LogP contribution in [-0.4, -0.2) is 62.6 Å². The standard InChI is InChI=1S/C25H30N2O4/c1-19(31-25(29)23(27(4)5)17-21-14-10-7-11-15-21)18-30-24(28)22(26(2)3)16-20-12-8-6-9-13-20/h6-17,19H,18H2,1-5H3. The fourth-order valence-electron chi connectivity index (χ4n) is 2.70. The Bertz CT molecular complexity index is 919. The first-order chi connectivity index (χ1) is 14.8. The number of carbonyl (C=O) groups excluding carboxylic acids is 2. The average molecular weight is 423 g/mol. The van der Waals surface area contributed by atoms with Crippen molar-refractivity contribution in [2.75, 3.05) is 34.8 Å². The van der Waals surface area contributed by atoms with Gasteiger partial charge in [0.2, 0.25) is 0 Å². The monoisotopic (exact) mass is 422 g/mol. The molecule has 0 amide bonds. The molecule has 0 heterocycles. The molecule has 31 heavy (non-hydrogen) atoms. The lowest BCUT2D eigenvalue weighted by molar-refractivity contribution is -0.154. The highest BCUT2D eigenvalue weighted by molar-refractivity contribution is 5.93. The van der Waals surface area contributed by atoms with Crippen LogP contribution in [0.5, 0.6) is 0 Å². The molecule has 2 aromatic rings.